The van der Waals surface area contributed by atoms with Gasteiger partial charge in [0, 0.05) is 26.2 Å². The summed E-state index contributed by atoms with van der Waals surface area (Å²) in [4.78, 5) is 1.29. The Morgan fingerprint density at radius 1 is 1.44 bits per heavy atom. The predicted octanol–water partition coefficient (Wildman–Crippen LogP) is 1.53. The van der Waals surface area contributed by atoms with Crippen LogP contribution in [-0.4, -0.2) is 40.5 Å². The van der Waals surface area contributed by atoms with Crippen LogP contribution in [0.4, 0.5) is 13.2 Å². The van der Waals surface area contributed by atoms with Gasteiger partial charge in [0.2, 0.25) is 0 Å². The summed E-state index contributed by atoms with van der Waals surface area (Å²) in [6.45, 7) is 4.07. The fourth-order valence-corrected chi connectivity index (χ4v) is 1.88. The number of alkyl halides is 3. The van der Waals surface area contributed by atoms with Crippen LogP contribution < -0.4 is 5.73 Å². The molecule has 0 fully saturated rings. The van der Waals surface area contributed by atoms with Crippen LogP contribution in [0.3, 0.4) is 0 Å². The number of aromatic nitrogens is 2. The van der Waals surface area contributed by atoms with Gasteiger partial charge in [0.1, 0.15) is 0 Å². The Morgan fingerprint density at radius 3 is 2.61 bits per heavy atom. The smallest absolute Gasteiger partial charge is 0.329 e. The fourth-order valence-electron chi connectivity index (χ4n) is 1.88. The van der Waals surface area contributed by atoms with Gasteiger partial charge in [0.25, 0.3) is 0 Å². The molecule has 104 valence electrons. The third-order valence-electron chi connectivity index (χ3n) is 2.52. The van der Waals surface area contributed by atoms with E-state index in [-0.39, 0.29) is 19.6 Å². The average Bonchev–Trinajstić information content (AvgIpc) is 2.56. The van der Waals surface area contributed by atoms with Crippen LogP contribution in [0.1, 0.15) is 18.3 Å². The molecule has 0 aromatic carbocycles. The Labute approximate surface area is 105 Å². The highest BCUT2D eigenvalue weighted by atomic mass is 19.4. The maximum absolute atomic E-state index is 12.4. The Morgan fingerprint density at radius 2 is 2.11 bits per heavy atom. The van der Waals surface area contributed by atoms with Gasteiger partial charge in [-0.25, -0.2) is 0 Å². The standard InChI is InChI=1S/C11H19F3N4/c1-3-18-10(6-9(2)16-18)7-17(5-4-15)8-11(12,13)14/h6H,3-5,7-8,15H2,1-2H3. The van der Waals surface area contributed by atoms with Gasteiger partial charge < -0.3 is 5.73 Å². The topological polar surface area (TPSA) is 47.1 Å². The highest BCUT2D eigenvalue weighted by Gasteiger charge is 2.30. The van der Waals surface area contributed by atoms with Crippen LogP contribution in [-0.2, 0) is 13.1 Å². The molecule has 0 amide bonds. The minimum Gasteiger partial charge on any atom is -0.329 e. The van der Waals surface area contributed by atoms with Crippen LogP contribution in [0.15, 0.2) is 6.07 Å². The summed E-state index contributed by atoms with van der Waals surface area (Å²) in [6, 6.07) is 1.81. The molecule has 1 rings (SSSR count). The van der Waals surface area contributed by atoms with E-state index in [4.69, 9.17) is 5.73 Å². The fraction of sp³-hybridized carbons (Fsp3) is 0.727. The molecule has 7 heteroatoms. The molecule has 0 atom stereocenters. The summed E-state index contributed by atoms with van der Waals surface area (Å²) in [5.74, 6) is 0. The van der Waals surface area contributed by atoms with Crippen molar-refractivity contribution in [3.05, 3.63) is 17.5 Å². The number of hydrogen-bond donors (Lipinski definition) is 1. The molecule has 0 aliphatic heterocycles. The lowest BCUT2D eigenvalue weighted by Gasteiger charge is -2.23. The molecule has 1 heterocycles. The van der Waals surface area contributed by atoms with Gasteiger partial charge in [-0.05, 0) is 19.9 Å². The highest BCUT2D eigenvalue weighted by Crippen LogP contribution is 2.18. The maximum atomic E-state index is 12.4. The van der Waals surface area contributed by atoms with E-state index in [2.05, 4.69) is 5.10 Å². The van der Waals surface area contributed by atoms with Crippen molar-refractivity contribution >= 4 is 0 Å². The Kier molecular flexibility index (Phi) is 5.15. The van der Waals surface area contributed by atoms with Crippen LogP contribution in [0.25, 0.3) is 0 Å². The summed E-state index contributed by atoms with van der Waals surface area (Å²) in [5, 5.41) is 4.22. The van der Waals surface area contributed by atoms with Crippen molar-refractivity contribution < 1.29 is 13.2 Å². The quantitative estimate of drug-likeness (QED) is 0.847. The van der Waals surface area contributed by atoms with Crippen molar-refractivity contribution in [2.45, 2.75) is 33.1 Å². The first kappa shape index (κ1) is 15.0. The number of halogens is 3. The lowest BCUT2D eigenvalue weighted by atomic mass is 10.3. The van der Waals surface area contributed by atoms with Gasteiger partial charge in [-0.1, -0.05) is 0 Å². The predicted molar refractivity (Wildman–Crippen MR) is 63.0 cm³/mol. The molecule has 1 aromatic rings. The number of aryl methyl sites for hydroxylation is 2. The molecule has 4 nitrogen and oxygen atoms in total. The lowest BCUT2D eigenvalue weighted by molar-refractivity contribution is -0.147. The first-order valence-corrected chi connectivity index (χ1v) is 5.88. The molecule has 0 bridgehead atoms. The summed E-state index contributed by atoms with van der Waals surface area (Å²) in [7, 11) is 0. The van der Waals surface area contributed by atoms with E-state index >= 15 is 0 Å². The third-order valence-corrected chi connectivity index (χ3v) is 2.52. The van der Waals surface area contributed by atoms with Crippen molar-refractivity contribution in [3.63, 3.8) is 0 Å². The molecule has 0 radical (unpaired) electrons. The van der Waals surface area contributed by atoms with Crippen LogP contribution in [0, 0.1) is 6.92 Å². The van der Waals surface area contributed by atoms with Crippen molar-refractivity contribution in [1.29, 1.82) is 0 Å². The van der Waals surface area contributed by atoms with E-state index in [1.807, 2.05) is 19.9 Å². The second kappa shape index (κ2) is 6.19. The van der Waals surface area contributed by atoms with Gasteiger partial charge in [-0.3, -0.25) is 9.58 Å². The van der Waals surface area contributed by atoms with Gasteiger partial charge in [-0.15, -0.1) is 0 Å². The third kappa shape index (κ3) is 4.66. The zero-order valence-corrected chi connectivity index (χ0v) is 10.7. The molecule has 18 heavy (non-hydrogen) atoms. The van der Waals surface area contributed by atoms with Crippen molar-refractivity contribution in [1.82, 2.24) is 14.7 Å². The SMILES string of the molecule is CCn1nc(C)cc1CN(CCN)CC(F)(F)F. The highest BCUT2D eigenvalue weighted by molar-refractivity contribution is 5.08. The number of rotatable bonds is 6. The van der Waals surface area contributed by atoms with Crippen molar-refractivity contribution in [3.8, 4) is 0 Å². The summed E-state index contributed by atoms with van der Waals surface area (Å²) in [5.41, 5.74) is 6.94. The summed E-state index contributed by atoms with van der Waals surface area (Å²) in [6.07, 6.45) is -4.21. The van der Waals surface area contributed by atoms with Crippen molar-refractivity contribution in [2.24, 2.45) is 5.73 Å². The Balaban J connectivity index is 2.75. The summed E-state index contributed by atoms with van der Waals surface area (Å²) < 4.78 is 39.0. The van der Waals surface area contributed by atoms with Crippen LogP contribution >= 0.6 is 0 Å². The van der Waals surface area contributed by atoms with E-state index in [0.717, 1.165) is 11.4 Å². The molecule has 1 aromatic heterocycles. The van der Waals surface area contributed by atoms with E-state index in [0.29, 0.717) is 6.54 Å². The molecule has 2 N–H and O–H groups in total. The van der Waals surface area contributed by atoms with Crippen LogP contribution in [0.2, 0.25) is 0 Å². The first-order valence-electron chi connectivity index (χ1n) is 5.88. The molecule has 0 saturated carbocycles. The average molecular weight is 264 g/mol. The van der Waals surface area contributed by atoms with E-state index in [1.54, 1.807) is 4.68 Å². The molecule has 0 aliphatic carbocycles. The molecule has 0 saturated heterocycles. The Bertz CT molecular complexity index is 373. The maximum Gasteiger partial charge on any atom is 0.401 e. The number of nitrogens with zero attached hydrogens (tertiary/aromatic N) is 3. The van der Waals surface area contributed by atoms with Gasteiger partial charge >= 0.3 is 6.18 Å². The second-order valence-electron chi connectivity index (χ2n) is 4.21. The van der Waals surface area contributed by atoms with Crippen LogP contribution in [0.5, 0.6) is 0 Å². The number of hydrogen-bond acceptors (Lipinski definition) is 3. The van der Waals surface area contributed by atoms with E-state index in [1.165, 1.54) is 4.90 Å². The minimum atomic E-state index is -4.21. The zero-order valence-electron chi connectivity index (χ0n) is 10.7. The summed E-state index contributed by atoms with van der Waals surface area (Å²) >= 11 is 0. The second-order valence-corrected chi connectivity index (χ2v) is 4.21. The van der Waals surface area contributed by atoms with E-state index in [9.17, 15) is 13.2 Å². The largest absolute Gasteiger partial charge is 0.401 e. The van der Waals surface area contributed by atoms with Gasteiger partial charge in [0.15, 0.2) is 0 Å². The Hall–Kier alpha value is -1.08. The number of nitrogens with two attached hydrogens (primary N) is 1. The van der Waals surface area contributed by atoms with Gasteiger partial charge in [0.05, 0.1) is 17.9 Å². The minimum absolute atomic E-state index is 0.204. The van der Waals surface area contributed by atoms with E-state index < -0.39 is 12.7 Å². The van der Waals surface area contributed by atoms with Gasteiger partial charge in [-0.2, -0.15) is 18.3 Å². The molecule has 0 spiro atoms. The van der Waals surface area contributed by atoms with Crippen molar-refractivity contribution in [2.75, 3.05) is 19.6 Å². The molecule has 0 unspecified atom stereocenters. The molecule has 0 aliphatic rings. The first-order chi connectivity index (χ1) is 8.35. The lowest BCUT2D eigenvalue weighted by Crippen LogP contribution is -2.37. The normalized spacial score (nSPS) is 12.4. The molecular weight excluding hydrogens is 245 g/mol. The molecular formula is C11H19F3N4. The monoisotopic (exact) mass is 264 g/mol. The zero-order chi connectivity index (χ0) is 13.8.